The van der Waals surface area contributed by atoms with Crippen LogP contribution in [0.4, 0.5) is 0 Å². The van der Waals surface area contributed by atoms with Crippen molar-refractivity contribution in [2.45, 2.75) is 104 Å². The zero-order valence-corrected chi connectivity index (χ0v) is 13.9. The lowest BCUT2D eigenvalue weighted by molar-refractivity contribution is 0.403. The number of rotatable bonds is 14. The van der Waals surface area contributed by atoms with E-state index in [-0.39, 0.29) is 0 Å². The number of unbranched alkanes of at least 4 members (excludes halogenated alkanes) is 7. The van der Waals surface area contributed by atoms with Crippen molar-refractivity contribution >= 4 is 0 Å². The zero-order chi connectivity index (χ0) is 14.2. The summed E-state index contributed by atoms with van der Waals surface area (Å²) in [6.45, 7) is 6.91. The second-order valence-electron chi connectivity index (χ2n) is 6.02. The summed E-state index contributed by atoms with van der Waals surface area (Å²) in [7, 11) is 0. The summed E-state index contributed by atoms with van der Waals surface area (Å²) in [4.78, 5) is 0. The van der Waals surface area contributed by atoms with Crippen LogP contribution in [-0.4, -0.2) is 0 Å². The van der Waals surface area contributed by atoms with E-state index in [4.69, 9.17) is 0 Å². The minimum absolute atomic E-state index is 0.991. The molecule has 0 aromatic heterocycles. The molecular formula is C19H38. The Morgan fingerprint density at radius 3 is 1.95 bits per heavy atom. The highest BCUT2D eigenvalue weighted by atomic mass is 14.1. The quantitative estimate of drug-likeness (QED) is 0.229. The molecule has 0 rings (SSSR count). The third kappa shape index (κ3) is 14.0. The first-order valence-electron chi connectivity index (χ1n) is 9.00. The predicted molar refractivity (Wildman–Crippen MR) is 89.7 cm³/mol. The molecule has 0 spiro atoms. The van der Waals surface area contributed by atoms with Crippen molar-refractivity contribution < 1.29 is 0 Å². The van der Waals surface area contributed by atoms with Crippen molar-refractivity contribution in [3.63, 3.8) is 0 Å². The fraction of sp³-hybridized carbons (Fsp3) is 0.895. The van der Waals surface area contributed by atoms with Crippen molar-refractivity contribution in [2.75, 3.05) is 0 Å². The van der Waals surface area contributed by atoms with Crippen molar-refractivity contribution in [3.05, 3.63) is 12.2 Å². The van der Waals surface area contributed by atoms with Gasteiger partial charge in [0.05, 0.1) is 0 Å². The highest BCUT2D eigenvalue weighted by Crippen LogP contribution is 2.20. The molecule has 1 unspecified atom stereocenters. The summed E-state index contributed by atoms with van der Waals surface area (Å²) in [5.41, 5.74) is 0. The molecule has 0 aliphatic carbocycles. The van der Waals surface area contributed by atoms with Gasteiger partial charge in [-0.25, -0.2) is 0 Å². The minimum atomic E-state index is 0.991. The van der Waals surface area contributed by atoms with E-state index in [1.54, 1.807) is 0 Å². The molecule has 0 aliphatic rings. The van der Waals surface area contributed by atoms with Gasteiger partial charge in [-0.3, -0.25) is 0 Å². The van der Waals surface area contributed by atoms with Gasteiger partial charge in [-0.05, 0) is 25.2 Å². The lowest BCUT2D eigenvalue weighted by atomic mass is 9.93. The van der Waals surface area contributed by atoms with Crippen molar-refractivity contribution in [2.24, 2.45) is 5.92 Å². The van der Waals surface area contributed by atoms with Gasteiger partial charge in [0.25, 0.3) is 0 Å². The summed E-state index contributed by atoms with van der Waals surface area (Å²) < 4.78 is 0. The fourth-order valence-corrected chi connectivity index (χ4v) is 2.69. The van der Waals surface area contributed by atoms with Gasteiger partial charge < -0.3 is 0 Å². The molecule has 0 amide bonds. The maximum Gasteiger partial charge on any atom is -0.0351 e. The maximum atomic E-state index is 2.39. The van der Waals surface area contributed by atoms with Gasteiger partial charge in [-0.15, -0.1) is 0 Å². The molecule has 1 atom stereocenters. The van der Waals surface area contributed by atoms with Crippen LogP contribution in [0.15, 0.2) is 12.2 Å². The molecule has 0 radical (unpaired) electrons. The first-order valence-corrected chi connectivity index (χ1v) is 9.00. The summed E-state index contributed by atoms with van der Waals surface area (Å²) in [5, 5.41) is 0. The standard InChI is InChI=1S/C19H38/c1-4-7-9-11-13-15-17-19(6-3)18-16-14-12-10-8-5-2/h9,11,19H,4-8,10,12-18H2,1-3H3. The van der Waals surface area contributed by atoms with E-state index in [0.29, 0.717) is 0 Å². The average Bonchev–Trinajstić information content (AvgIpc) is 2.44. The smallest absolute Gasteiger partial charge is 0.0351 e. The molecule has 0 heterocycles. The summed E-state index contributed by atoms with van der Waals surface area (Å²) in [6, 6.07) is 0. The molecular weight excluding hydrogens is 228 g/mol. The molecule has 0 aromatic rings. The molecule has 0 nitrogen and oxygen atoms in total. The monoisotopic (exact) mass is 266 g/mol. The largest absolute Gasteiger partial charge is 0.0885 e. The zero-order valence-electron chi connectivity index (χ0n) is 13.9. The van der Waals surface area contributed by atoms with Gasteiger partial charge in [0.1, 0.15) is 0 Å². The van der Waals surface area contributed by atoms with E-state index in [1.807, 2.05) is 0 Å². The predicted octanol–water partition coefficient (Wildman–Crippen LogP) is 7.29. The van der Waals surface area contributed by atoms with Crippen molar-refractivity contribution in [1.29, 1.82) is 0 Å². The van der Waals surface area contributed by atoms with E-state index >= 15 is 0 Å². The Kier molecular flexibility index (Phi) is 15.6. The van der Waals surface area contributed by atoms with Crippen LogP contribution in [0, 0.1) is 5.92 Å². The second kappa shape index (κ2) is 15.8. The van der Waals surface area contributed by atoms with Crippen LogP contribution in [0.3, 0.4) is 0 Å². The van der Waals surface area contributed by atoms with Gasteiger partial charge in [0.2, 0.25) is 0 Å². The first kappa shape index (κ1) is 18.7. The molecule has 0 aromatic carbocycles. The van der Waals surface area contributed by atoms with Gasteiger partial charge >= 0.3 is 0 Å². The van der Waals surface area contributed by atoms with Crippen LogP contribution in [0.1, 0.15) is 104 Å². The number of hydrogen-bond acceptors (Lipinski definition) is 0. The molecule has 0 saturated carbocycles. The third-order valence-electron chi connectivity index (χ3n) is 4.15. The van der Waals surface area contributed by atoms with Crippen LogP contribution < -0.4 is 0 Å². The Labute approximate surface area is 123 Å². The number of hydrogen-bond donors (Lipinski definition) is 0. The van der Waals surface area contributed by atoms with Crippen molar-refractivity contribution in [1.82, 2.24) is 0 Å². The Hall–Kier alpha value is -0.260. The Balaban J connectivity index is 3.39. The molecule has 0 heteroatoms. The van der Waals surface area contributed by atoms with E-state index in [0.717, 1.165) is 5.92 Å². The van der Waals surface area contributed by atoms with Gasteiger partial charge in [0.15, 0.2) is 0 Å². The number of allylic oxidation sites excluding steroid dienone is 2. The lowest BCUT2D eigenvalue weighted by Gasteiger charge is -2.13. The molecule has 0 fully saturated rings. The SMILES string of the molecule is CCCC=CCCCC(CC)CCCCCCCC. The third-order valence-corrected chi connectivity index (χ3v) is 4.15. The lowest BCUT2D eigenvalue weighted by Crippen LogP contribution is -1.98. The van der Waals surface area contributed by atoms with Crippen LogP contribution >= 0.6 is 0 Å². The molecule has 114 valence electrons. The highest BCUT2D eigenvalue weighted by Gasteiger charge is 2.05. The maximum absolute atomic E-state index is 2.39. The molecule has 0 bridgehead atoms. The summed E-state index contributed by atoms with van der Waals surface area (Å²) in [5.74, 6) is 0.991. The van der Waals surface area contributed by atoms with E-state index in [9.17, 15) is 0 Å². The Morgan fingerprint density at radius 1 is 0.632 bits per heavy atom. The average molecular weight is 267 g/mol. The topological polar surface area (TPSA) is 0 Å². The van der Waals surface area contributed by atoms with Crippen LogP contribution in [0.25, 0.3) is 0 Å². The molecule has 19 heavy (non-hydrogen) atoms. The van der Waals surface area contributed by atoms with Gasteiger partial charge in [-0.2, -0.15) is 0 Å². The van der Waals surface area contributed by atoms with E-state index in [1.165, 1.54) is 83.5 Å². The van der Waals surface area contributed by atoms with E-state index in [2.05, 4.69) is 32.9 Å². The minimum Gasteiger partial charge on any atom is -0.0885 e. The molecule has 0 saturated heterocycles. The Bertz CT molecular complexity index is 180. The van der Waals surface area contributed by atoms with Gasteiger partial charge in [-0.1, -0.05) is 97.1 Å². The highest BCUT2D eigenvalue weighted by molar-refractivity contribution is 4.81. The van der Waals surface area contributed by atoms with Gasteiger partial charge in [0, 0.05) is 0 Å². The second-order valence-corrected chi connectivity index (χ2v) is 6.02. The normalized spacial score (nSPS) is 13.2. The van der Waals surface area contributed by atoms with Crippen LogP contribution in [-0.2, 0) is 0 Å². The van der Waals surface area contributed by atoms with E-state index < -0.39 is 0 Å². The van der Waals surface area contributed by atoms with Crippen LogP contribution in [0.5, 0.6) is 0 Å². The summed E-state index contributed by atoms with van der Waals surface area (Å²) >= 11 is 0. The van der Waals surface area contributed by atoms with Crippen molar-refractivity contribution in [3.8, 4) is 0 Å². The Morgan fingerprint density at radius 2 is 1.26 bits per heavy atom. The molecule has 0 aliphatic heterocycles. The first-order chi connectivity index (χ1) is 9.35. The summed E-state index contributed by atoms with van der Waals surface area (Å²) in [6.07, 6.45) is 22.9. The fourth-order valence-electron chi connectivity index (χ4n) is 2.69. The van der Waals surface area contributed by atoms with Crippen LogP contribution in [0.2, 0.25) is 0 Å². The molecule has 0 N–H and O–H groups in total.